The molecule has 1 saturated heterocycles. The van der Waals surface area contributed by atoms with Crippen molar-refractivity contribution in [2.75, 3.05) is 5.75 Å². The molecule has 1 fully saturated rings. The van der Waals surface area contributed by atoms with Crippen LogP contribution >= 0.6 is 11.8 Å². The van der Waals surface area contributed by atoms with Gasteiger partial charge in [0, 0.05) is 12.1 Å². The molecule has 3 aromatic rings. The van der Waals surface area contributed by atoms with E-state index in [0.29, 0.717) is 17.9 Å². The second-order valence-corrected chi connectivity index (χ2v) is 10.9. The number of hydrogen-bond donors (Lipinski definition) is 1. The van der Waals surface area contributed by atoms with Crippen LogP contribution in [0, 0.1) is 0 Å². The molecule has 1 heterocycles. The minimum Gasteiger partial charge on any atom is -0.346 e. The molecule has 2 unspecified atom stereocenters. The zero-order valence-electron chi connectivity index (χ0n) is 20.2. The Kier molecular flexibility index (Phi) is 7.13. The van der Waals surface area contributed by atoms with Gasteiger partial charge >= 0.3 is 0 Å². The van der Waals surface area contributed by atoms with Gasteiger partial charge in [-0.2, -0.15) is 0 Å². The van der Waals surface area contributed by atoms with Crippen LogP contribution in [0.2, 0.25) is 0 Å². The topological polar surface area (TPSA) is 49.4 Å². The van der Waals surface area contributed by atoms with Crippen molar-refractivity contribution in [3.05, 3.63) is 107 Å². The molecular formula is C29H32N2O2S. The Balaban J connectivity index is 1.41. The fraction of sp³-hybridized carbons (Fsp3) is 0.310. The van der Waals surface area contributed by atoms with Crippen molar-refractivity contribution in [2.24, 2.45) is 0 Å². The van der Waals surface area contributed by atoms with Crippen LogP contribution < -0.4 is 5.32 Å². The van der Waals surface area contributed by atoms with Crippen molar-refractivity contribution in [1.29, 1.82) is 0 Å². The van der Waals surface area contributed by atoms with Crippen molar-refractivity contribution >= 4 is 23.6 Å². The van der Waals surface area contributed by atoms with Gasteiger partial charge in [0.2, 0.25) is 5.91 Å². The molecule has 2 amide bonds. The second-order valence-electron chi connectivity index (χ2n) is 9.86. The summed E-state index contributed by atoms with van der Waals surface area (Å²) < 4.78 is 0. The Bertz CT molecular complexity index is 1140. The van der Waals surface area contributed by atoms with Crippen LogP contribution in [0.5, 0.6) is 0 Å². The molecule has 34 heavy (non-hydrogen) atoms. The quantitative estimate of drug-likeness (QED) is 0.461. The van der Waals surface area contributed by atoms with E-state index in [1.54, 1.807) is 11.8 Å². The van der Waals surface area contributed by atoms with Crippen LogP contribution in [-0.4, -0.2) is 22.5 Å². The molecule has 1 aliphatic heterocycles. The Morgan fingerprint density at radius 3 is 2.26 bits per heavy atom. The zero-order valence-corrected chi connectivity index (χ0v) is 21.1. The standard InChI is InChI=1S/C29H32N2O2S/c1-20(22-14-16-25(17-15-22)29(2,3)4)30-27(33)23-10-12-24(13-11-23)28-31(26(32)19-34-28)18-21-8-6-5-7-9-21/h5-17,20,28H,18-19H2,1-4H3,(H,30,33). The number of hydrogen-bond acceptors (Lipinski definition) is 3. The molecule has 0 bridgehead atoms. The molecule has 3 aromatic carbocycles. The molecular weight excluding hydrogens is 440 g/mol. The van der Waals surface area contributed by atoms with E-state index in [9.17, 15) is 9.59 Å². The minimum atomic E-state index is -0.102. The van der Waals surface area contributed by atoms with E-state index in [2.05, 4.69) is 50.4 Å². The Labute approximate surface area is 206 Å². The molecule has 0 spiro atoms. The molecule has 2 atom stereocenters. The molecule has 176 valence electrons. The van der Waals surface area contributed by atoms with Gasteiger partial charge in [-0.3, -0.25) is 9.59 Å². The van der Waals surface area contributed by atoms with E-state index < -0.39 is 0 Å². The van der Waals surface area contributed by atoms with Gasteiger partial charge in [0.15, 0.2) is 0 Å². The van der Waals surface area contributed by atoms with Gasteiger partial charge in [-0.15, -0.1) is 11.8 Å². The molecule has 5 heteroatoms. The van der Waals surface area contributed by atoms with Crippen molar-refractivity contribution in [2.45, 2.75) is 51.1 Å². The summed E-state index contributed by atoms with van der Waals surface area (Å²) in [6.07, 6.45) is 0. The number of carbonyl (C=O) groups is 2. The first-order chi connectivity index (χ1) is 16.2. The van der Waals surface area contributed by atoms with Crippen LogP contribution in [0.4, 0.5) is 0 Å². The van der Waals surface area contributed by atoms with E-state index in [4.69, 9.17) is 0 Å². The summed E-state index contributed by atoms with van der Waals surface area (Å²) in [5.74, 6) is 0.521. The first kappa shape index (κ1) is 24.1. The number of benzene rings is 3. The van der Waals surface area contributed by atoms with E-state index in [1.165, 1.54) is 5.56 Å². The maximum Gasteiger partial charge on any atom is 0.251 e. The van der Waals surface area contributed by atoms with E-state index in [1.807, 2.05) is 66.4 Å². The van der Waals surface area contributed by atoms with Crippen LogP contribution in [0.25, 0.3) is 0 Å². The fourth-order valence-corrected chi connectivity index (χ4v) is 5.30. The number of amides is 2. The first-order valence-corrected chi connectivity index (χ1v) is 12.7. The normalized spacial score (nSPS) is 17.0. The summed E-state index contributed by atoms with van der Waals surface area (Å²) in [5, 5.41) is 3.06. The summed E-state index contributed by atoms with van der Waals surface area (Å²) in [6, 6.07) is 26.0. The lowest BCUT2D eigenvalue weighted by atomic mass is 9.86. The predicted octanol–water partition coefficient (Wildman–Crippen LogP) is 6.25. The number of carbonyl (C=O) groups excluding carboxylic acids is 2. The van der Waals surface area contributed by atoms with E-state index in [0.717, 1.165) is 16.7 Å². The Morgan fingerprint density at radius 1 is 1.00 bits per heavy atom. The first-order valence-electron chi connectivity index (χ1n) is 11.7. The fourth-order valence-electron chi connectivity index (χ4n) is 4.12. The molecule has 1 aliphatic rings. The highest BCUT2D eigenvalue weighted by Crippen LogP contribution is 2.39. The lowest BCUT2D eigenvalue weighted by molar-refractivity contribution is -0.128. The highest BCUT2D eigenvalue weighted by Gasteiger charge is 2.32. The number of nitrogens with one attached hydrogen (secondary N) is 1. The van der Waals surface area contributed by atoms with Gasteiger partial charge in [0.05, 0.1) is 11.8 Å². The van der Waals surface area contributed by atoms with Gasteiger partial charge in [-0.25, -0.2) is 0 Å². The van der Waals surface area contributed by atoms with Gasteiger partial charge < -0.3 is 10.2 Å². The van der Waals surface area contributed by atoms with Crippen LogP contribution in [0.3, 0.4) is 0 Å². The molecule has 4 nitrogen and oxygen atoms in total. The molecule has 0 aromatic heterocycles. The maximum absolute atomic E-state index is 12.9. The maximum atomic E-state index is 12.9. The van der Waals surface area contributed by atoms with Crippen LogP contribution in [0.15, 0.2) is 78.9 Å². The van der Waals surface area contributed by atoms with Gasteiger partial charge in [0.25, 0.3) is 5.91 Å². The third kappa shape index (κ3) is 5.53. The lowest BCUT2D eigenvalue weighted by Crippen LogP contribution is -2.28. The van der Waals surface area contributed by atoms with Gasteiger partial charge in [0.1, 0.15) is 5.37 Å². The molecule has 0 aliphatic carbocycles. The molecule has 1 N–H and O–H groups in total. The third-order valence-electron chi connectivity index (χ3n) is 6.25. The number of rotatable bonds is 6. The summed E-state index contributed by atoms with van der Waals surface area (Å²) in [5.41, 5.74) is 5.22. The highest BCUT2D eigenvalue weighted by atomic mass is 32.2. The summed E-state index contributed by atoms with van der Waals surface area (Å²) in [7, 11) is 0. The van der Waals surface area contributed by atoms with Crippen molar-refractivity contribution in [3.8, 4) is 0 Å². The summed E-state index contributed by atoms with van der Waals surface area (Å²) in [6.45, 7) is 9.17. The number of nitrogens with zero attached hydrogens (tertiary/aromatic N) is 1. The summed E-state index contributed by atoms with van der Waals surface area (Å²) >= 11 is 1.63. The average Bonchev–Trinajstić information content (AvgIpc) is 3.19. The zero-order chi connectivity index (χ0) is 24.3. The van der Waals surface area contributed by atoms with Crippen LogP contribution in [-0.2, 0) is 16.8 Å². The predicted molar refractivity (Wildman–Crippen MR) is 140 cm³/mol. The SMILES string of the molecule is CC(NC(=O)c1ccc(C2SCC(=O)N2Cc2ccccc2)cc1)c1ccc(C(C)(C)C)cc1. The van der Waals surface area contributed by atoms with Crippen molar-refractivity contribution in [1.82, 2.24) is 10.2 Å². The smallest absolute Gasteiger partial charge is 0.251 e. The summed E-state index contributed by atoms with van der Waals surface area (Å²) in [4.78, 5) is 27.3. The Morgan fingerprint density at radius 2 is 1.65 bits per heavy atom. The van der Waals surface area contributed by atoms with Gasteiger partial charge in [-0.1, -0.05) is 87.5 Å². The Hall–Kier alpha value is -3.05. The molecule has 0 radical (unpaired) electrons. The van der Waals surface area contributed by atoms with Crippen molar-refractivity contribution < 1.29 is 9.59 Å². The largest absolute Gasteiger partial charge is 0.346 e. The van der Waals surface area contributed by atoms with E-state index in [-0.39, 0.29) is 28.6 Å². The van der Waals surface area contributed by atoms with Crippen LogP contribution in [0.1, 0.15) is 71.7 Å². The molecule has 4 rings (SSSR count). The highest BCUT2D eigenvalue weighted by molar-refractivity contribution is 8.00. The monoisotopic (exact) mass is 472 g/mol. The molecule has 0 saturated carbocycles. The van der Waals surface area contributed by atoms with Crippen molar-refractivity contribution in [3.63, 3.8) is 0 Å². The second kappa shape index (κ2) is 10.1. The van der Waals surface area contributed by atoms with Gasteiger partial charge in [-0.05, 0) is 46.7 Å². The minimum absolute atomic E-state index is 0.0370. The van der Waals surface area contributed by atoms with E-state index >= 15 is 0 Å². The lowest BCUT2D eigenvalue weighted by Gasteiger charge is -2.24. The third-order valence-corrected chi connectivity index (χ3v) is 7.50. The average molecular weight is 473 g/mol. The number of thioether (sulfide) groups is 1.